The molecule has 9 heteroatoms. The molecule has 3 aromatic rings. The van der Waals surface area contributed by atoms with Crippen LogP contribution in [0.25, 0.3) is 10.2 Å². The number of carbonyl (C=O) groups is 3. The van der Waals surface area contributed by atoms with Crippen molar-refractivity contribution in [3.05, 3.63) is 53.6 Å². The lowest BCUT2D eigenvalue weighted by molar-refractivity contribution is -0.121. The third-order valence-corrected chi connectivity index (χ3v) is 7.73. The molecule has 0 saturated carbocycles. The fraction of sp³-hybridized carbons (Fsp3) is 0.407. The van der Waals surface area contributed by atoms with Gasteiger partial charge in [0.25, 0.3) is 5.91 Å². The minimum Gasteiger partial charge on any atom is -0.379 e. The Bertz CT molecular complexity index is 1270. The summed E-state index contributed by atoms with van der Waals surface area (Å²) in [4.78, 5) is 48.4. The molecule has 36 heavy (non-hydrogen) atoms. The van der Waals surface area contributed by atoms with Crippen molar-refractivity contribution >= 4 is 50.1 Å². The van der Waals surface area contributed by atoms with E-state index in [1.807, 2.05) is 6.07 Å². The van der Waals surface area contributed by atoms with Crippen molar-refractivity contribution < 1.29 is 19.1 Å². The number of ether oxygens (including phenoxy) is 1. The molecule has 3 heterocycles. The molecule has 2 aliphatic heterocycles. The minimum absolute atomic E-state index is 0.187. The molecule has 2 aromatic carbocycles. The Balaban J connectivity index is 1.42. The molecular weight excluding hydrogens is 476 g/mol. The molecule has 0 atom stereocenters. The number of hydrogen-bond donors (Lipinski definition) is 0. The van der Waals surface area contributed by atoms with Crippen LogP contribution in [0.4, 0.5) is 10.8 Å². The highest BCUT2D eigenvalue weighted by Crippen LogP contribution is 2.32. The van der Waals surface area contributed by atoms with Gasteiger partial charge in [-0.15, -0.1) is 0 Å². The summed E-state index contributed by atoms with van der Waals surface area (Å²) in [5.41, 5.74) is 2.98. The van der Waals surface area contributed by atoms with Gasteiger partial charge in [0.2, 0.25) is 11.8 Å². The highest BCUT2D eigenvalue weighted by Gasteiger charge is 2.31. The first kappa shape index (κ1) is 24.5. The van der Waals surface area contributed by atoms with Gasteiger partial charge >= 0.3 is 0 Å². The van der Waals surface area contributed by atoms with E-state index in [1.54, 1.807) is 29.2 Å². The monoisotopic (exact) mass is 506 g/mol. The van der Waals surface area contributed by atoms with Crippen molar-refractivity contribution in [1.29, 1.82) is 0 Å². The summed E-state index contributed by atoms with van der Waals surface area (Å²) in [6.45, 7) is 6.77. The van der Waals surface area contributed by atoms with E-state index in [9.17, 15) is 14.4 Å². The molecule has 188 valence electrons. The summed E-state index contributed by atoms with van der Waals surface area (Å²) in [6.07, 6.45) is 2.14. The van der Waals surface area contributed by atoms with Gasteiger partial charge < -0.3 is 4.74 Å². The number of amides is 3. The summed E-state index contributed by atoms with van der Waals surface area (Å²) < 4.78 is 6.50. The van der Waals surface area contributed by atoms with Gasteiger partial charge in [0, 0.05) is 44.6 Å². The second-order valence-electron chi connectivity index (χ2n) is 9.09. The lowest BCUT2D eigenvalue weighted by Gasteiger charge is -2.28. The van der Waals surface area contributed by atoms with Crippen LogP contribution < -0.4 is 9.80 Å². The number of imide groups is 1. The van der Waals surface area contributed by atoms with E-state index >= 15 is 0 Å². The smallest absolute Gasteiger partial charge is 0.260 e. The van der Waals surface area contributed by atoms with Crippen molar-refractivity contribution in [2.45, 2.75) is 32.6 Å². The normalized spacial score (nSPS) is 16.8. The second-order valence-corrected chi connectivity index (χ2v) is 10.1. The molecule has 0 unspecified atom stereocenters. The SMILES string of the molecule is CCc1ccc2nc(N(CCCN3CCOCC3)C(=O)c3cccc(N4C(=O)CCC4=O)c3)sc2c1. The predicted molar refractivity (Wildman–Crippen MR) is 141 cm³/mol. The molecule has 8 nitrogen and oxygen atoms in total. The lowest BCUT2D eigenvalue weighted by atomic mass is 10.1. The van der Waals surface area contributed by atoms with Gasteiger partial charge in [0.15, 0.2) is 5.13 Å². The number of rotatable bonds is 8. The second kappa shape index (κ2) is 10.9. The van der Waals surface area contributed by atoms with Crippen LogP contribution in [-0.4, -0.2) is 67.0 Å². The molecule has 1 aromatic heterocycles. The molecule has 2 saturated heterocycles. The number of anilines is 2. The van der Waals surface area contributed by atoms with Crippen LogP contribution in [0.2, 0.25) is 0 Å². The molecule has 2 aliphatic rings. The van der Waals surface area contributed by atoms with Gasteiger partial charge in [-0.3, -0.25) is 29.1 Å². The topological polar surface area (TPSA) is 83.1 Å². The zero-order valence-electron chi connectivity index (χ0n) is 20.4. The Kier molecular flexibility index (Phi) is 7.41. The van der Waals surface area contributed by atoms with Crippen LogP contribution in [0.1, 0.15) is 42.1 Å². The fourth-order valence-electron chi connectivity index (χ4n) is 4.65. The Morgan fingerprint density at radius 3 is 2.61 bits per heavy atom. The quantitative estimate of drug-likeness (QED) is 0.431. The van der Waals surface area contributed by atoms with Gasteiger partial charge in [-0.25, -0.2) is 4.98 Å². The van der Waals surface area contributed by atoms with E-state index in [-0.39, 0.29) is 30.6 Å². The number of morpholine rings is 1. The van der Waals surface area contributed by atoms with Crippen molar-refractivity contribution in [1.82, 2.24) is 9.88 Å². The number of nitrogens with zero attached hydrogens (tertiary/aromatic N) is 4. The first-order chi connectivity index (χ1) is 17.5. The van der Waals surface area contributed by atoms with Crippen LogP contribution in [0.5, 0.6) is 0 Å². The number of fused-ring (bicyclic) bond motifs is 1. The predicted octanol–water partition coefficient (Wildman–Crippen LogP) is 3.88. The molecule has 0 radical (unpaired) electrons. The highest BCUT2D eigenvalue weighted by atomic mass is 32.1. The standard InChI is InChI=1S/C27H30N4O4S/c1-2-19-7-8-22-23(17-19)36-27(28-22)30(12-4-11-29-13-15-35-16-14-29)26(34)20-5-3-6-21(18-20)31-24(32)9-10-25(31)33/h3,5-8,17-18H,2,4,9-16H2,1H3. The lowest BCUT2D eigenvalue weighted by Crippen LogP contribution is -2.39. The first-order valence-electron chi connectivity index (χ1n) is 12.5. The molecule has 3 amide bonds. The van der Waals surface area contributed by atoms with E-state index in [4.69, 9.17) is 9.72 Å². The number of aryl methyl sites for hydroxylation is 1. The minimum atomic E-state index is -0.232. The van der Waals surface area contributed by atoms with E-state index < -0.39 is 0 Å². The maximum atomic E-state index is 13.8. The summed E-state index contributed by atoms with van der Waals surface area (Å²) in [6, 6.07) is 13.0. The van der Waals surface area contributed by atoms with Gasteiger partial charge in [-0.1, -0.05) is 30.4 Å². The summed E-state index contributed by atoms with van der Waals surface area (Å²) >= 11 is 1.52. The summed E-state index contributed by atoms with van der Waals surface area (Å²) in [7, 11) is 0. The number of carbonyl (C=O) groups excluding carboxylic acids is 3. The number of hydrogen-bond acceptors (Lipinski definition) is 7. The molecule has 5 rings (SSSR count). The molecule has 0 spiro atoms. The Labute approximate surface area is 214 Å². The largest absolute Gasteiger partial charge is 0.379 e. The van der Waals surface area contributed by atoms with Crippen molar-refractivity contribution in [2.24, 2.45) is 0 Å². The fourth-order valence-corrected chi connectivity index (χ4v) is 5.71. The van der Waals surface area contributed by atoms with Crippen molar-refractivity contribution in [2.75, 3.05) is 49.2 Å². The van der Waals surface area contributed by atoms with Crippen molar-refractivity contribution in [3.63, 3.8) is 0 Å². The molecule has 2 fully saturated rings. The third kappa shape index (κ3) is 5.18. The molecule has 0 bridgehead atoms. The maximum Gasteiger partial charge on any atom is 0.260 e. The molecular formula is C27H30N4O4S. The van der Waals surface area contributed by atoms with E-state index in [0.717, 1.165) is 55.9 Å². The van der Waals surface area contributed by atoms with Gasteiger partial charge in [0.05, 0.1) is 29.1 Å². The maximum absolute atomic E-state index is 13.8. The van der Waals surface area contributed by atoms with Gasteiger partial charge in [-0.05, 0) is 48.7 Å². The first-order valence-corrected chi connectivity index (χ1v) is 13.3. The third-order valence-electron chi connectivity index (χ3n) is 6.69. The Hall–Kier alpha value is -3.14. The van der Waals surface area contributed by atoms with Crippen LogP contribution in [0, 0.1) is 0 Å². The van der Waals surface area contributed by atoms with Gasteiger partial charge in [0.1, 0.15) is 0 Å². The van der Waals surface area contributed by atoms with Crippen LogP contribution >= 0.6 is 11.3 Å². The van der Waals surface area contributed by atoms with Crippen LogP contribution in [0.15, 0.2) is 42.5 Å². The zero-order chi connectivity index (χ0) is 25.1. The highest BCUT2D eigenvalue weighted by molar-refractivity contribution is 7.22. The number of aromatic nitrogens is 1. The number of benzene rings is 2. The van der Waals surface area contributed by atoms with Gasteiger partial charge in [-0.2, -0.15) is 0 Å². The average molecular weight is 507 g/mol. The molecule has 0 aliphatic carbocycles. The molecule has 0 N–H and O–H groups in total. The van der Waals surface area contributed by atoms with Crippen LogP contribution in [0.3, 0.4) is 0 Å². The Morgan fingerprint density at radius 1 is 1.08 bits per heavy atom. The summed E-state index contributed by atoms with van der Waals surface area (Å²) in [5, 5.41) is 0.656. The summed E-state index contributed by atoms with van der Waals surface area (Å²) in [5.74, 6) is -0.651. The van der Waals surface area contributed by atoms with Crippen molar-refractivity contribution in [3.8, 4) is 0 Å². The van der Waals surface area contributed by atoms with E-state index in [0.29, 0.717) is 22.9 Å². The average Bonchev–Trinajstić information content (AvgIpc) is 3.48. The van der Waals surface area contributed by atoms with E-state index in [2.05, 4.69) is 24.0 Å². The Morgan fingerprint density at radius 2 is 1.86 bits per heavy atom. The van der Waals surface area contributed by atoms with Crippen LogP contribution in [-0.2, 0) is 20.7 Å². The van der Waals surface area contributed by atoms with E-state index in [1.165, 1.54) is 21.8 Å². The zero-order valence-corrected chi connectivity index (χ0v) is 21.3. The number of thiazole rings is 1.